The van der Waals surface area contributed by atoms with Gasteiger partial charge in [0.2, 0.25) is 0 Å². The third-order valence-electron chi connectivity index (χ3n) is 4.76. The van der Waals surface area contributed by atoms with E-state index in [2.05, 4.69) is 0 Å². The normalized spacial score (nSPS) is 10.9. The molecule has 0 radical (unpaired) electrons. The predicted molar refractivity (Wildman–Crippen MR) is 106 cm³/mol. The predicted octanol–water partition coefficient (Wildman–Crippen LogP) is 6.86. The number of halogens is 3. The molecule has 0 bridgehead atoms. The minimum Gasteiger partial charge on any atom is -0.489 e. The third-order valence-corrected chi connectivity index (χ3v) is 4.76. The lowest BCUT2D eigenvalue weighted by molar-refractivity contribution is 0.297. The number of hydrogen-bond donors (Lipinski definition) is 0. The van der Waals surface area contributed by atoms with Crippen LogP contribution in [0.3, 0.4) is 0 Å². The van der Waals surface area contributed by atoms with Crippen LogP contribution in [0.15, 0.2) is 54.6 Å². The Hall–Kier alpha value is -2.75. The number of ether oxygens (including phenoxy) is 1. The van der Waals surface area contributed by atoms with Crippen molar-refractivity contribution in [1.29, 1.82) is 0 Å². The van der Waals surface area contributed by atoms with Gasteiger partial charge < -0.3 is 4.74 Å². The van der Waals surface area contributed by atoms with Crippen molar-refractivity contribution in [2.45, 2.75) is 39.7 Å². The van der Waals surface area contributed by atoms with Gasteiger partial charge in [-0.25, -0.2) is 13.2 Å². The Morgan fingerprint density at radius 3 is 2.11 bits per heavy atom. The van der Waals surface area contributed by atoms with Crippen molar-refractivity contribution >= 4 is 0 Å². The molecule has 3 rings (SSSR count). The number of rotatable bonds is 7. The van der Waals surface area contributed by atoms with E-state index in [0.717, 1.165) is 24.0 Å². The average Bonchev–Trinajstić information content (AvgIpc) is 2.71. The van der Waals surface area contributed by atoms with Crippen molar-refractivity contribution in [3.8, 4) is 16.9 Å². The molecule has 0 aliphatic rings. The summed E-state index contributed by atoms with van der Waals surface area (Å²) in [7, 11) is 0. The molecule has 0 heterocycles. The molecule has 1 nitrogen and oxygen atoms in total. The lowest BCUT2D eigenvalue weighted by atomic mass is 10.0. The van der Waals surface area contributed by atoms with E-state index >= 15 is 0 Å². The zero-order valence-electron chi connectivity index (χ0n) is 16.1. The summed E-state index contributed by atoms with van der Waals surface area (Å²) in [5.74, 6) is -1.42. The van der Waals surface area contributed by atoms with Gasteiger partial charge in [-0.1, -0.05) is 56.7 Å². The Labute approximate surface area is 163 Å². The summed E-state index contributed by atoms with van der Waals surface area (Å²) >= 11 is 0. The highest BCUT2D eigenvalue weighted by Crippen LogP contribution is 2.27. The van der Waals surface area contributed by atoms with Gasteiger partial charge in [0.15, 0.2) is 11.6 Å². The van der Waals surface area contributed by atoms with Crippen LogP contribution in [0.5, 0.6) is 5.75 Å². The lowest BCUT2D eigenvalue weighted by Gasteiger charge is -2.11. The zero-order chi connectivity index (χ0) is 20.1. The second-order valence-electron chi connectivity index (χ2n) is 6.74. The topological polar surface area (TPSA) is 9.23 Å². The summed E-state index contributed by atoms with van der Waals surface area (Å²) in [6.07, 6.45) is 2.03. The van der Waals surface area contributed by atoms with Gasteiger partial charge in [-0.2, -0.15) is 0 Å². The number of aryl methyl sites for hydroxylation is 2. The van der Waals surface area contributed by atoms with Crippen molar-refractivity contribution in [1.82, 2.24) is 0 Å². The van der Waals surface area contributed by atoms with Crippen molar-refractivity contribution in [3.63, 3.8) is 0 Å². The minimum absolute atomic E-state index is 0.0753. The molecule has 0 saturated heterocycles. The zero-order valence-corrected chi connectivity index (χ0v) is 16.1. The fourth-order valence-corrected chi connectivity index (χ4v) is 3.11. The third kappa shape index (κ3) is 4.38. The van der Waals surface area contributed by atoms with Crippen LogP contribution < -0.4 is 4.74 Å². The van der Waals surface area contributed by atoms with Gasteiger partial charge in [0, 0.05) is 11.1 Å². The summed E-state index contributed by atoms with van der Waals surface area (Å²) in [5, 5.41) is 0. The molecule has 146 valence electrons. The van der Waals surface area contributed by atoms with Crippen LogP contribution in [0, 0.1) is 17.5 Å². The maximum atomic E-state index is 14.3. The molecule has 28 heavy (non-hydrogen) atoms. The summed E-state index contributed by atoms with van der Waals surface area (Å²) in [6.45, 7) is 3.82. The Kier molecular flexibility index (Phi) is 6.40. The van der Waals surface area contributed by atoms with Crippen LogP contribution in [-0.4, -0.2) is 0 Å². The van der Waals surface area contributed by atoms with Gasteiger partial charge in [-0.05, 0) is 47.7 Å². The van der Waals surface area contributed by atoms with Crippen LogP contribution >= 0.6 is 0 Å². The molecule has 0 aliphatic carbocycles. The SMILES string of the molecule is CCCc1ccc(COc2ccc(-c3ccc(CC)cc3F)cc2)c(F)c1F. The Balaban J connectivity index is 1.71. The largest absolute Gasteiger partial charge is 0.489 e. The number of hydrogen-bond acceptors (Lipinski definition) is 1. The second kappa shape index (κ2) is 8.96. The van der Waals surface area contributed by atoms with E-state index < -0.39 is 11.6 Å². The maximum absolute atomic E-state index is 14.3. The fourth-order valence-electron chi connectivity index (χ4n) is 3.11. The van der Waals surface area contributed by atoms with Gasteiger partial charge in [0.25, 0.3) is 0 Å². The van der Waals surface area contributed by atoms with Crippen LogP contribution in [0.4, 0.5) is 13.2 Å². The number of benzene rings is 3. The minimum atomic E-state index is -0.861. The summed E-state index contributed by atoms with van der Waals surface area (Å²) in [5.41, 5.74) is 2.74. The molecule has 4 heteroatoms. The van der Waals surface area contributed by atoms with Gasteiger partial charge in [0.1, 0.15) is 18.2 Å². The highest BCUT2D eigenvalue weighted by molar-refractivity contribution is 5.65. The lowest BCUT2D eigenvalue weighted by Crippen LogP contribution is -2.03. The van der Waals surface area contributed by atoms with Gasteiger partial charge in [0.05, 0.1) is 0 Å². The van der Waals surface area contributed by atoms with Crippen LogP contribution in [-0.2, 0) is 19.4 Å². The van der Waals surface area contributed by atoms with Crippen LogP contribution in [0.25, 0.3) is 11.1 Å². The summed E-state index contributed by atoms with van der Waals surface area (Å²) in [4.78, 5) is 0. The smallest absolute Gasteiger partial charge is 0.165 e. The van der Waals surface area contributed by atoms with E-state index in [1.807, 2.05) is 19.9 Å². The molecule has 0 amide bonds. The van der Waals surface area contributed by atoms with E-state index in [0.29, 0.717) is 23.3 Å². The van der Waals surface area contributed by atoms with Crippen molar-refractivity contribution in [2.75, 3.05) is 0 Å². The molecule has 0 saturated carbocycles. The first-order valence-corrected chi connectivity index (χ1v) is 9.50. The van der Waals surface area contributed by atoms with Gasteiger partial charge >= 0.3 is 0 Å². The molecular formula is C24H23F3O. The standard InChI is InChI=1S/C24H23F3O/c1-3-5-18-7-8-19(24(27)23(18)26)15-28-20-11-9-17(10-12-20)21-13-6-16(4-2)14-22(21)25/h6-14H,3-5,15H2,1-2H3. The molecule has 3 aromatic carbocycles. The molecule has 0 fully saturated rings. The van der Waals surface area contributed by atoms with E-state index in [-0.39, 0.29) is 18.0 Å². The van der Waals surface area contributed by atoms with Crippen molar-refractivity contribution in [3.05, 3.63) is 88.7 Å². The van der Waals surface area contributed by atoms with E-state index in [1.54, 1.807) is 48.5 Å². The quantitative estimate of drug-likeness (QED) is 0.432. The Bertz CT molecular complexity index is 949. The van der Waals surface area contributed by atoms with E-state index in [1.165, 1.54) is 0 Å². The molecule has 0 aromatic heterocycles. The average molecular weight is 384 g/mol. The van der Waals surface area contributed by atoms with Crippen LogP contribution in [0.2, 0.25) is 0 Å². The second-order valence-corrected chi connectivity index (χ2v) is 6.74. The molecule has 0 atom stereocenters. The van der Waals surface area contributed by atoms with Gasteiger partial charge in [-0.15, -0.1) is 0 Å². The fraction of sp³-hybridized carbons (Fsp3) is 0.250. The molecule has 0 unspecified atom stereocenters. The maximum Gasteiger partial charge on any atom is 0.165 e. The first-order chi connectivity index (χ1) is 13.5. The molecular weight excluding hydrogens is 361 g/mol. The molecule has 0 spiro atoms. The van der Waals surface area contributed by atoms with Crippen molar-refractivity contribution < 1.29 is 17.9 Å². The molecule has 0 aliphatic heterocycles. The summed E-state index contributed by atoms with van der Waals surface area (Å²) < 4.78 is 48.1. The molecule has 3 aromatic rings. The van der Waals surface area contributed by atoms with Crippen LogP contribution in [0.1, 0.15) is 37.0 Å². The van der Waals surface area contributed by atoms with E-state index in [4.69, 9.17) is 4.74 Å². The highest BCUT2D eigenvalue weighted by atomic mass is 19.2. The Morgan fingerprint density at radius 2 is 1.46 bits per heavy atom. The molecule has 0 N–H and O–H groups in total. The monoisotopic (exact) mass is 384 g/mol. The first kappa shape index (κ1) is 20.0. The van der Waals surface area contributed by atoms with Crippen molar-refractivity contribution in [2.24, 2.45) is 0 Å². The highest BCUT2D eigenvalue weighted by Gasteiger charge is 2.13. The Morgan fingerprint density at radius 1 is 0.786 bits per heavy atom. The first-order valence-electron chi connectivity index (χ1n) is 9.50. The van der Waals surface area contributed by atoms with E-state index in [9.17, 15) is 13.2 Å². The van der Waals surface area contributed by atoms with Gasteiger partial charge in [-0.3, -0.25) is 0 Å². The summed E-state index contributed by atoms with van der Waals surface area (Å²) in [6, 6.07) is 15.3.